The first-order chi connectivity index (χ1) is 12.1. The summed E-state index contributed by atoms with van der Waals surface area (Å²) in [5.41, 5.74) is 1.39. The van der Waals surface area contributed by atoms with Crippen LogP contribution in [0.25, 0.3) is 10.2 Å². The Bertz CT molecular complexity index is 913. The molecule has 3 heterocycles. The normalized spacial score (nSPS) is 15.7. The van der Waals surface area contributed by atoms with Gasteiger partial charge in [-0.05, 0) is 31.0 Å². The van der Waals surface area contributed by atoms with Crippen LogP contribution < -0.4 is 10.2 Å². The minimum atomic E-state index is -0.237. The van der Waals surface area contributed by atoms with Crippen molar-refractivity contribution < 1.29 is 9.18 Å². The number of hydrogen-bond acceptors (Lipinski definition) is 5. The summed E-state index contributed by atoms with van der Waals surface area (Å²) in [5.74, 6) is -0.326. The minimum Gasteiger partial charge on any atom is -0.348 e. The number of nitrogens with zero attached hydrogens (tertiary/aromatic N) is 4. The van der Waals surface area contributed by atoms with Crippen molar-refractivity contribution in [3.63, 3.8) is 0 Å². The highest BCUT2D eigenvalue weighted by atomic mass is 32.1. The average Bonchev–Trinajstić information content (AvgIpc) is 3.21. The SMILES string of the molecule is Cn1cncc1C(=O)NC1CCN(c2nc3ccc(F)cc3s2)CC1. The molecule has 0 spiro atoms. The lowest BCUT2D eigenvalue weighted by Gasteiger charge is -2.32. The lowest BCUT2D eigenvalue weighted by Crippen LogP contribution is -2.45. The quantitative estimate of drug-likeness (QED) is 0.781. The van der Waals surface area contributed by atoms with E-state index in [-0.39, 0.29) is 17.8 Å². The Morgan fingerprint density at radius 3 is 2.88 bits per heavy atom. The Balaban J connectivity index is 1.39. The predicted molar refractivity (Wildman–Crippen MR) is 95.5 cm³/mol. The second-order valence-electron chi connectivity index (χ2n) is 6.23. The first-order valence-electron chi connectivity index (χ1n) is 8.18. The summed E-state index contributed by atoms with van der Waals surface area (Å²) in [5, 5.41) is 3.99. The number of amides is 1. The van der Waals surface area contributed by atoms with Crippen molar-refractivity contribution in [3.05, 3.63) is 42.2 Å². The smallest absolute Gasteiger partial charge is 0.269 e. The number of rotatable bonds is 3. The third-order valence-corrected chi connectivity index (χ3v) is 5.57. The summed E-state index contributed by atoms with van der Waals surface area (Å²) in [6, 6.07) is 4.82. The third kappa shape index (κ3) is 3.21. The van der Waals surface area contributed by atoms with Gasteiger partial charge in [0.15, 0.2) is 5.13 Å². The van der Waals surface area contributed by atoms with Gasteiger partial charge in [0.2, 0.25) is 0 Å². The van der Waals surface area contributed by atoms with Crippen LogP contribution in [0.1, 0.15) is 23.3 Å². The molecule has 1 N–H and O–H groups in total. The lowest BCUT2D eigenvalue weighted by atomic mass is 10.1. The zero-order valence-corrected chi connectivity index (χ0v) is 14.6. The maximum absolute atomic E-state index is 13.3. The van der Waals surface area contributed by atoms with Crippen LogP contribution in [0.3, 0.4) is 0 Å². The van der Waals surface area contributed by atoms with Crippen LogP contribution in [0.15, 0.2) is 30.7 Å². The first kappa shape index (κ1) is 16.0. The molecule has 8 heteroatoms. The summed E-state index contributed by atoms with van der Waals surface area (Å²) in [6.45, 7) is 1.64. The summed E-state index contributed by atoms with van der Waals surface area (Å²) in [4.78, 5) is 23.0. The molecule has 1 aliphatic heterocycles. The number of aryl methyl sites for hydroxylation is 1. The van der Waals surface area contributed by atoms with Gasteiger partial charge in [0.1, 0.15) is 11.5 Å². The van der Waals surface area contributed by atoms with Crippen LogP contribution in [0.5, 0.6) is 0 Å². The molecule has 1 fully saturated rings. The van der Waals surface area contributed by atoms with Gasteiger partial charge in [-0.3, -0.25) is 4.79 Å². The molecule has 3 aromatic rings. The van der Waals surface area contributed by atoms with E-state index in [1.807, 2.05) is 0 Å². The number of carbonyl (C=O) groups is 1. The number of fused-ring (bicyclic) bond motifs is 1. The van der Waals surface area contributed by atoms with Crippen molar-refractivity contribution in [3.8, 4) is 0 Å². The fourth-order valence-corrected chi connectivity index (χ4v) is 4.11. The van der Waals surface area contributed by atoms with E-state index in [1.54, 1.807) is 30.2 Å². The molecule has 1 saturated heterocycles. The average molecular weight is 359 g/mol. The monoisotopic (exact) mass is 359 g/mol. The van der Waals surface area contributed by atoms with Gasteiger partial charge in [0, 0.05) is 26.2 Å². The summed E-state index contributed by atoms with van der Waals surface area (Å²) in [6.07, 6.45) is 4.90. The maximum Gasteiger partial charge on any atom is 0.269 e. The second-order valence-corrected chi connectivity index (χ2v) is 7.24. The molecule has 0 saturated carbocycles. The molecule has 4 rings (SSSR count). The highest BCUT2D eigenvalue weighted by Crippen LogP contribution is 2.30. The molecule has 1 aliphatic rings. The molecular formula is C17H18FN5OS. The van der Waals surface area contributed by atoms with Gasteiger partial charge < -0.3 is 14.8 Å². The largest absolute Gasteiger partial charge is 0.348 e. The van der Waals surface area contributed by atoms with Crippen LogP contribution in [-0.4, -0.2) is 39.6 Å². The molecule has 130 valence electrons. The van der Waals surface area contributed by atoms with E-state index >= 15 is 0 Å². The van der Waals surface area contributed by atoms with Crippen LogP contribution in [0, 0.1) is 5.82 Å². The maximum atomic E-state index is 13.3. The molecule has 0 atom stereocenters. The van der Waals surface area contributed by atoms with E-state index in [2.05, 4.69) is 20.2 Å². The fourth-order valence-electron chi connectivity index (χ4n) is 3.07. The Morgan fingerprint density at radius 1 is 1.36 bits per heavy atom. The zero-order valence-electron chi connectivity index (χ0n) is 13.8. The number of hydrogen-bond donors (Lipinski definition) is 1. The van der Waals surface area contributed by atoms with E-state index in [4.69, 9.17) is 0 Å². The van der Waals surface area contributed by atoms with Crippen molar-refractivity contribution in [2.75, 3.05) is 18.0 Å². The van der Waals surface area contributed by atoms with E-state index in [0.717, 1.165) is 41.3 Å². The molecule has 0 aliphatic carbocycles. The number of aromatic nitrogens is 3. The second kappa shape index (κ2) is 6.44. The predicted octanol–water partition coefficient (Wildman–Crippen LogP) is 2.57. The number of benzene rings is 1. The molecule has 25 heavy (non-hydrogen) atoms. The molecule has 0 bridgehead atoms. The number of halogens is 1. The van der Waals surface area contributed by atoms with Crippen molar-refractivity contribution >= 4 is 32.6 Å². The van der Waals surface area contributed by atoms with Crippen molar-refractivity contribution in [1.29, 1.82) is 0 Å². The molecule has 1 amide bonds. The first-order valence-corrected chi connectivity index (χ1v) is 9.00. The van der Waals surface area contributed by atoms with Gasteiger partial charge in [-0.25, -0.2) is 14.4 Å². The van der Waals surface area contributed by atoms with Crippen molar-refractivity contribution in [2.24, 2.45) is 7.05 Å². The number of imidazole rings is 1. The van der Waals surface area contributed by atoms with Gasteiger partial charge in [-0.15, -0.1) is 0 Å². The van der Waals surface area contributed by atoms with E-state index < -0.39 is 0 Å². The molecule has 1 aromatic carbocycles. The molecule has 0 unspecified atom stereocenters. The highest BCUT2D eigenvalue weighted by molar-refractivity contribution is 7.22. The van der Waals surface area contributed by atoms with E-state index in [1.165, 1.54) is 23.5 Å². The Morgan fingerprint density at radius 2 is 2.16 bits per heavy atom. The summed E-state index contributed by atoms with van der Waals surface area (Å²) in [7, 11) is 1.81. The Hall–Kier alpha value is -2.48. The summed E-state index contributed by atoms with van der Waals surface area (Å²) < 4.78 is 15.9. The summed E-state index contributed by atoms with van der Waals surface area (Å²) >= 11 is 1.51. The molecule has 2 aromatic heterocycles. The van der Waals surface area contributed by atoms with Gasteiger partial charge in [0.05, 0.1) is 22.7 Å². The highest BCUT2D eigenvalue weighted by Gasteiger charge is 2.24. The number of piperidine rings is 1. The van der Waals surface area contributed by atoms with E-state index in [9.17, 15) is 9.18 Å². The van der Waals surface area contributed by atoms with Crippen LogP contribution in [0.4, 0.5) is 9.52 Å². The number of anilines is 1. The zero-order chi connectivity index (χ0) is 17.4. The van der Waals surface area contributed by atoms with Crippen LogP contribution in [-0.2, 0) is 7.05 Å². The molecule has 0 radical (unpaired) electrons. The number of carbonyl (C=O) groups excluding carboxylic acids is 1. The lowest BCUT2D eigenvalue weighted by molar-refractivity contribution is 0.0923. The minimum absolute atomic E-state index is 0.0890. The molecular weight excluding hydrogens is 341 g/mol. The standard InChI is InChI=1S/C17H18FN5OS/c1-22-10-19-9-14(22)16(24)20-12-4-6-23(7-5-12)17-21-13-3-2-11(18)8-15(13)25-17/h2-3,8-10,12H,4-7H2,1H3,(H,20,24). The Kier molecular flexibility index (Phi) is 4.12. The molecule has 6 nitrogen and oxygen atoms in total. The van der Waals surface area contributed by atoms with Gasteiger partial charge in [-0.1, -0.05) is 11.3 Å². The van der Waals surface area contributed by atoms with E-state index in [0.29, 0.717) is 5.69 Å². The van der Waals surface area contributed by atoms with Crippen molar-refractivity contribution in [1.82, 2.24) is 19.9 Å². The van der Waals surface area contributed by atoms with Crippen molar-refractivity contribution in [2.45, 2.75) is 18.9 Å². The van der Waals surface area contributed by atoms with Gasteiger partial charge >= 0.3 is 0 Å². The van der Waals surface area contributed by atoms with Gasteiger partial charge in [0.25, 0.3) is 5.91 Å². The Labute approximate surface area is 148 Å². The number of nitrogens with one attached hydrogen (secondary N) is 1. The number of thiazole rings is 1. The third-order valence-electron chi connectivity index (χ3n) is 4.49. The van der Waals surface area contributed by atoms with Gasteiger partial charge in [-0.2, -0.15) is 0 Å². The van der Waals surface area contributed by atoms with Crippen LogP contribution >= 0.6 is 11.3 Å². The topological polar surface area (TPSA) is 63.1 Å². The van der Waals surface area contributed by atoms with Crippen LogP contribution in [0.2, 0.25) is 0 Å². The fraction of sp³-hybridized carbons (Fsp3) is 0.353.